The van der Waals surface area contributed by atoms with Crippen molar-refractivity contribution in [1.82, 2.24) is 10.2 Å². The zero-order valence-electron chi connectivity index (χ0n) is 10.9. The molecule has 19 heavy (non-hydrogen) atoms. The zero-order valence-corrected chi connectivity index (χ0v) is 11.7. The van der Waals surface area contributed by atoms with Crippen LogP contribution in [0.4, 0.5) is 5.69 Å². The van der Waals surface area contributed by atoms with Crippen molar-refractivity contribution in [3.8, 4) is 0 Å². The summed E-state index contributed by atoms with van der Waals surface area (Å²) in [6.45, 7) is 1.46. The maximum atomic E-state index is 12.1. The Hall–Kier alpha value is -1.30. The van der Waals surface area contributed by atoms with E-state index in [2.05, 4.69) is 22.7 Å². The van der Waals surface area contributed by atoms with E-state index in [0.717, 1.165) is 6.54 Å². The van der Waals surface area contributed by atoms with Crippen molar-refractivity contribution in [2.45, 2.75) is 18.9 Å². The van der Waals surface area contributed by atoms with Crippen molar-refractivity contribution in [1.29, 1.82) is 0 Å². The second-order valence-electron chi connectivity index (χ2n) is 4.80. The average Bonchev–Trinajstić information content (AvgIpc) is 3.22. The minimum atomic E-state index is -0.167. The molecule has 104 valence electrons. The molecular weight excluding hydrogens is 264 g/mol. The number of amides is 1. The van der Waals surface area contributed by atoms with Gasteiger partial charge >= 0.3 is 0 Å². The normalized spacial score (nSPS) is 14.5. The molecule has 0 aromatic heterocycles. The lowest BCUT2D eigenvalue weighted by molar-refractivity contribution is 0.0950. The monoisotopic (exact) mass is 282 g/mol. The Labute approximate surface area is 118 Å². The summed E-state index contributed by atoms with van der Waals surface area (Å²) < 4.78 is 0. The van der Waals surface area contributed by atoms with Crippen LogP contribution < -0.4 is 16.6 Å². The van der Waals surface area contributed by atoms with Gasteiger partial charge in [-0.1, -0.05) is 11.6 Å². The first kappa shape index (κ1) is 14.1. The molecule has 0 aliphatic heterocycles. The Bertz CT molecular complexity index is 462. The number of hydrogen-bond donors (Lipinski definition) is 3. The highest BCUT2D eigenvalue weighted by Crippen LogP contribution is 2.24. The van der Waals surface area contributed by atoms with Crippen molar-refractivity contribution in [3.05, 3.63) is 28.8 Å². The molecule has 1 aromatic carbocycles. The number of hydrazine groups is 1. The number of benzene rings is 1. The number of likely N-dealkylation sites (N-methyl/N-ethyl adjacent to an activating group) is 1. The molecule has 0 radical (unpaired) electrons. The van der Waals surface area contributed by atoms with Gasteiger partial charge in [-0.3, -0.25) is 10.6 Å². The minimum Gasteiger partial charge on any atom is -0.351 e. The average molecular weight is 283 g/mol. The van der Waals surface area contributed by atoms with Gasteiger partial charge in [0, 0.05) is 24.2 Å². The summed E-state index contributed by atoms with van der Waals surface area (Å²) in [6.07, 6.45) is 2.53. The predicted molar refractivity (Wildman–Crippen MR) is 77.2 cm³/mol. The molecule has 5 nitrogen and oxygen atoms in total. The first-order valence-electron chi connectivity index (χ1n) is 6.36. The van der Waals surface area contributed by atoms with Crippen LogP contribution in [0.1, 0.15) is 23.2 Å². The second kappa shape index (κ2) is 6.23. The largest absolute Gasteiger partial charge is 0.351 e. The van der Waals surface area contributed by atoms with E-state index in [-0.39, 0.29) is 5.91 Å². The van der Waals surface area contributed by atoms with Crippen LogP contribution in [0.3, 0.4) is 0 Å². The van der Waals surface area contributed by atoms with Crippen LogP contribution in [0.15, 0.2) is 18.2 Å². The first-order chi connectivity index (χ1) is 9.11. The number of carbonyl (C=O) groups is 1. The summed E-state index contributed by atoms with van der Waals surface area (Å²) in [7, 11) is 2.08. The molecule has 4 N–H and O–H groups in total. The van der Waals surface area contributed by atoms with Crippen molar-refractivity contribution in [3.63, 3.8) is 0 Å². The molecule has 1 aromatic rings. The van der Waals surface area contributed by atoms with Crippen LogP contribution in [0, 0.1) is 0 Å². The number of anilines is 1. The highest BCUT2D eigenvalue weighted by Gasteiger charge is 2.25. The predicted octanol–water partition coefficient (Wildman–Crippen LogP) is 1.45. The zero-order chi connectivity index (χ0) is 13.8. The number of carbonyl (C=O) groups excluding carboxylic acids is 1. The van der Waals surface area contributed by atoms with Crippen LogP contribution in [0.5, 0.6) is 0 Å². The van der Waals surface area contributed by atoms with Gasteiger partial charge in [0.1, 0.15) is 0 Å². The fraction of sp³-hybridized carbons (Fsp3) is 0.462. The molecule has 1 aliphatic rings. The van der Waals surface area contributed by atoms with Gasteiger partial charge in [-0.25, -0.2) is 0 Å². The molecule has 0 bridgehead atoms. The molecule has 1 amide bonds. The van der Waals surface area contributed by atoms with E-state index in [1.54, 1.807) is 18.2 Å². The molecule has 0 unspecified atom stereocenters. The van der Waals surface area contributed by atoms with Gasteiger partial charge in [0.2, 0.25) is 0 Å². The van der Waals surface area contributed by atoms with E-state index in [4.69, 9.17) is 17.4 Å². The second-order valence-corrected chi connectivity index (χ2v) is 5.24. The lowest BCUT2D eigenvalue weighted by Crippen LogP contribution is -2.34. The Morgan fingerprint density at radius 2 is 2.26 bits per heavy atom. The third-order valence-corrected chi connectivity index (χ3v) is 3.54. The summed E-state index contributed by atoms with van der Waals surface area (Å²) in [5, 5.41) is 3.39. The van der Waals surface area contributed by atoms with Gasteiger partial charge in [0.05, 0.1) is 11.3 Å². The maximum absolute atomic E-state index is 12.1. The summed E-state index contributed by atoms with van der Waals surface area (Å²) in [5.74, 6) is 5.22. The molecular formula is C13H19ClN4O. The van der Waals surface area contributed by atoms with Crippen LogP contribution in [0.2, 0.25) is 5.02 Å². The quantitative estimate of drug-likeness (QED) is 0.546. The van der Waals surface area contributed by atoms with E-state index >= 15 is 0 Å². The standard InChI is InChI=1S/C13H19ClN4O/c1-18(10-3-4-10)7-6-16-13(19)11-8-9(14)2-5-12(11)17-15/h2,5,8,10,17H,3-4,6-7,15H2,1H3,(H,16,19). The molecule has 1 saturated carbocycles. The Kier molecular flexibility index (Phi) is 4.63. The van der Waals surface area contributed by atoms with Crippen LogP contribution >= 0.6 is 11.6 Å². The molecule has 0 heterocycles. The molecule has 0 saturated heterocycles. The Morgan fingerprint density at radius 3 is 2.89 bits per heavy atom. The summed E-state index contributed by atoms with van der Waals surface area (Å²) in [5.41, 5.74) is 3.53. The van der Waals surface area contributed by atoms with E-state index in [1.807, 2.05) is 0 Å². The van der Waals surface area contributed by atoms with Crippen molar-refractivity contribution >= 4 is 23.2 Å². The smallest absolute Gasteiger partial charge is 0.253 e. The third kappa shape index (κ3) is 3.83. The SMILES string of the molecule is CN(CCNC(=O)c1cc(Cl)ccc1NN)C1CC1. The summed E-state index contributed by atoms with van der Waals surface area (Å²) in [6, 6.07) is 5.68. The van der Waals surface area contributed by atoms with Crippen LogP contribution in [-0.2, 0) is 0 Å². The molecule has 2 rings (SSSR count). The third-order valence-electron chi connectivity index (χ3n) is 3.30. The number of nitrogens with two attached hydrogens (primary N) is 1. The minimum absolute atomic E-state index is 0.167. The number of nitrogens with zero attached hydrogens (tertiary/aromatic N) is 1. The van der Waals surface area contributed by atoms with Crippen molar-refractivity contribution in [2.24, 2.45) is 5.84 Å². The molecule has 0 atom stereocenters. The van der Waals surface area contributed by atoms with Crippen LogP contribution in [-0.4, -0.2) is 37.0 Å². The highest BCUT2D eigenvalue weighted by atomic mass is 35.5. The van der Waals surface area contributed by atoms with Gasteiger partial charge in [-0.05, 0) is 38.1 Å². The van der Waals surface area contributed by atoms with E-state index in [0.29, 0.717) is 28.9 Å². The van der Waals surface area contributed by atoms with Crippen molar-refractivity contribution < 1.29 is 4.79 Å². The Morgan fingerprint density at radius 1 is 1.53 bits per heavy atom. The fourth-order valence-electron chi connectivity index (χ4n) is 1.97. The van der Waals surface area contributed by atoms with E-state index in [1.165, 1.54) is 12.8 Å². The lowest BCUT2D eigenvalue weighted by Gasteiger charge is -2.16. The number of halogens is 1. The number of hydrogen-bond acceptors (Lipinski definition) is 4. The van der Waals surface area contributed by atoms with E-state index < -0.39 is 0 Å². The molecule has 1 aliphatic carbocycles. The van der Waals surface area contributed by atoms with E-state index in [9.17, 15) is 4.79 Å². The topological polar surface area (TPSA) is 70.4 Å². The lowest BCUT2D eigenvalue weighted by atomic mass is 10.1. The van der Waals surface area contributed by atoms with Gasteiger partial charge in [0.25, 0.3) is 5.91 Å². The number of nitrogen functional groups attached to an aromatic ring is 1. The number of nitrogens with one attached hydrogen (secondary N) is 2. The maximum Gasteiger partial charge on any atom is 0.253 e. The Balaban J connectivity index is 1.89. The molecule has 1 fully saturated rings. The summed E-state index contributed by atoms with van der Waals surface area (Å²) >= 11 is 5.90. The van der Waals surface area contributed by atoms with Gasteiger partial charge < -0.3 is 15.6 Å². The van der Waals surface area contributed by atoms with Gasteiger partial charge in [-0.2, -0.15) is 0 Å². The van der Waals surface area contributed by atoms with Crippen LogP contribution in [0.25, 0.3) is 0 Å². The van der Waals surface area contributed by atoms with Gasteiger partial charge in [0.15, 0.2) is 0 Å². The first-order valence-corrected chi connectivity index (χ1v) is 6.74. The highest BCUT2D eigenvalue weighted by molar-refractivity contribution is 6.31. The number of rotatable bonds is 6. The summed E-state index contributed by atoms with van der Waals surface area (Å²) in [4.78, 5) is 14.3. The molecule has 6 heteroatoms. The van der Waals surface area contributed by atoms with Crippen molar-refractivity contribution in [2.75, 3.05) is 25.6 Å². The fourth-order valence-corrected chi connectivity index (χ4v) is 2.14. The molecule has 0 spiro atoms. The van der Waals surface area contributed by atoms with Gasteiger partial charge in [-0.15, -0.1) is 0 Å².